The molecule has 126 valence electrons. The van der Waals surface area contributed by atoms with Crippen LogP contribution in [-0.4, -0.2) is 26.4 Å². The summed E-state index contributed by atoms with van der Waals surface area (Å²) in [5, 5.41) is 4.05. The van der Waals surface area contributed by atoms with E-state index in [1.807, 2.05) is 0 Å². The first-order valence-electron chi connectivity index (χ1n) is 7.02. The maximum Gasteiger partial charge on any atom is 0.427 e. The van der Waals surface area contributed by atoms with Crippen LogP contribution in [0.1, 0.15) is 13.8 Å². The van der Waals surface area contributed by atoms with Crippen LogP contribution >= 0.6 is 0 Å². The Morgan fingerprint density at radius 2 is 1.83 bits per heavy atom. The Hall–Kier alpha value is -2.64. The minimum Gasteiger partial charge on any atom is -0.460 e. The lowest BCUT2D eigenvalue weighted by molar-refractivity contribution is -0.235. The fourth-order valence-corrected chi connectivity index (χ4v) is 2.06. The number of hydrogen-bond donors (Lipinski definition) is 0. The summed E-state index contributed by atoms with van der Waals surface area (Å²) in [5.41, 5.74) is -0.658. The molecule has 0 aromatic carbocycles. The summed E-state index contributed by atoms with van der Waals surface area (Å²) in [5.74, 6) is -1.65. The maximum atomic E-state index is 14.1. The molecule has 0 spiro atoms. The lowest BCUT2D eigenvalue weighted by Gasteiger charge is -2.28. The number of pyridine rings is 2. The average Bonchev–Trinajstić information content (AvgIpc) is 2.95. The maximum absolute atomic E-state index is 14.1. The van der Waals surface area contributed by atoms with Gasteiger partial charge < -0.3 is 4.74 Å². The number of hydrogen-bond acceptors (Lipinski definition) is 3. The summed E-state index contributed by atoms with van der Waals surface area (Å²) < 4.78 is 59.0. The zero-order valence-corrected chi connectivity index (χ0v) is 12.8. The van der Waals surface area contributed by atoms with E-state index >= 15 is 0 Å². The molecule has 0 atom stereocenters. The summed E-state index contributed by atoms with van der Waals surface area (Å²) in [4.78, 5) is 3.70. The highest BCUT2D eigenvalue weighted by atomic mass is 19.4. The van der Waals surface area contributed by atoms with Crippen molar-refractivity contribution in [1.82, 2.24) is 14.6 Å². The van der Waals surface area contributed by atoms with E-state index in [0.717, 1.165) is 25.4 Å². The Balaban J connectivity index is 1.92. The molecule has 0 aliphatic carbocycles. The van der Waals surface area contributed by atoms with Crippen molar-refractivity contribution >= 4 is 5.52 Å². The second-order valence-electron chi connectivity index (χ2n) is 5.74. The molecule has 0 bridgehead atoms. The van der Waals surface area contributed by atoms with Gasteiger partial charge in [0.1, 0.15) is 0 Å². The van der Waals surface area contributed by atoms with E-state index < -0.39 is 23.5 Å². The van der Waals surface area contributed by atoms with Gasteiger partial charge in [-0.25, -0.2) is 13.9 Å². The van der Waals surface area contributed by atoms with Gasteiger partial charge in [-0.15, -0.1) is 0 Å². The summed E-state index contributed by atoms with van der Waals surface area (Å²) in [7, 11) is 0. The molecule has 0 saturated carbocycles. The lowest BCUT2D eigenvalue weighted by Crippen LogP contribution is -2.45. The fraction of sp³-hybridized carbons (Fsp3) is 0.250. The van der Waals surface area contributed by atoms with Crippen LogP contribution < -0.4 is 4.74 Å². The van der Waals surface area contributed by atoms with Gasteiger partial charge in [0.05, 0.1) is 5.52 Å². The fourth-order valence-electron chi connectivity index (χ4n) is 2.06. The van der Waals surface area contributed by atoms with Crippen LogP contribution in [0.5, 0.6) is 5.88 Å². The Labute approximate surface area is 134 Å². The quantitative estimate of drug-likeness (QED) is 0.670. The summed E-state index contributed by atoms with van der Waals surface area (Å²) >= 11 is 0. The molecule has 0 N–H and O–H groups in total. The minimum absolute atomic E-state index is 0.424. The van der Waals surface area contributed by atoms with Crippen molar-refractivity contribution in [3.05, 3.63) is 48.7 Å². The Morgan fingerprint density at radius 1 is 1.08 bits per heavy atom. The molecule has 3 heterocycles. The van der Waals surface area contributed by atoms with E-state index in [9.17, 15) is 17.6 Å². The van der Waals surface area contributed by atoms with Gasteiger partial charge in [-0.3, -0.25) is 0 Å². The molecule has 3 aromatic rings. The molecule has 0 radical (unpaired) electrons. The first kappa shape index (κ1) is 16.2. The van der Waals surface area contributed by atoms with E-state index in [0.29, 0.717) is 11.1 Å². The molecule has 0 saturated heterocycles. The molecular formula is C16H13F4N3O. The molecule has 3 aromatic heterocycles. The number of nitrogens with zero attached hydrogens (tertiary/aromatic N) is 3. The highest BCUT2D eigenvalue weighted by Crippen LogP contribution is 2.35. The van der Waals surface area contributed by atoms with Gasteiger partial charge in [0.25, 0.3) is 5.88 Å². The van der Waals surface area contributed by atoms with Gasteiger partial charge in [0.15, 0.2) is 11.4 Å². The second kappa shape index (κ2) is 5.47. The van der Waals surface area contributed by atoms with Crippen LogP contribution in [0, 0.1) is 5.82 Å². The van der Waals surface area contributed by atoms with Crippen LogP contribution in [0.3, 0.4) is 0 Å². The zero-order valence-electron chi connectivity index (χ0n) is 12.8. The van der Waals surface area contributed by atoms with Crippen molar-refractivity contribution in [3.8, 4) is 17.0 Å². The Morgan fingerprint density at radius 3 is 2.50 bits per heavy atom. The van der Waals surface area contributed by atoms with Gasteiger partial charge in [-0.2, -0.15) is 18.3 Å². The molecule has 0 unspecified atom stereocenters. The largest absolute Gasteiger partial charge is 0.460 e. The molecule has 24 heavy (non-hydrogen) atoms. The number of ether oxygens (including phenoxy) is 1. The van der Waals surface area contributed by atoms with Crippen molar-refractivity contribution < 1.29 is 22.3 Å². The van der Waals surface area contributed by atoms with Crippen molar-refractivity contribution in [3.63, 3.8) is 0 Å². The number of alkyl halides is 3. The van der Waals surface area contributed by atoms with Crippen LogP contribution in [0.25, 0.3) is 16.6 Å². The normalized spacial score (nSPS) is 12.6. The van der Waals surface area contributed by atoms with Crippen molar-refractivity contribution in [2.24, 2.45) is 0 Å². The predicted molar refractivity (Wildman–Crippen MR) is 79.1 cm³/mol. The highest BCUT2D eigenvalue weighted by molar-refractivity contribution is 5.68. The molecule has 0 amide bonds. The van der Waals surface area contributed by atoms with Gasteiger partial charge in [-0.1, -0.05) is 0 Å². The van der Waals surface area contributed by atoms with Gasteiger partial charge >= 0.3 is 6.18 Å². The standard InChI is InChI=1S/C16H13F4N3O/c1-15(2,16(18,19)20)24-14-13(17)8-11(9-21-14)10-4-6-23-12(7-10)3-5-22-23/h3-9H,1-2H3. The van der Waals surface area contributed by atoms with E-state index in [4.69, 9.17) is 4.74 Å². The average molecular weight is 339 g/mol. The van der Waals surface area contributed by atoms with Gasteiger partial charge in [-0.05, 0) is 43.7 Å². The van der Waals surface area contributed by atoms with Crippen molar-refractivity contribution in [2.75, 3.05) is 0 Å². The number of rotatable bonds is 3. The smallest absolute Gasteiger partial charge is 0.427 e. The zero-order chi connectivity index (χ0) is 17.5. The third-order valence-corrected chi connectivity index (χ3v) is 3.57. The SMILES string of the molecule is CC(C)(Oc1ncc(-c2ccn3nccc3c2)cc1F)C(F)(F)F. The van der Waals surface area contributed by atoms with Crippen LogP contribution in [0.15, 0.2) is 42.9 Å². The molecule has 8 heteroatoms. The van der Waals surface area contributed by atoms with Gasteiger partial charge in [0.2, 0.25) is 0 Å². The van der Waals surface area contributed by atoms with Crippen LogP contribution in [0.2, 0.25) is 0 Å². The van der Waals surface area contributed by atoms with Crippen molar-refractivity contribution in [2.45, 2.75) is 25.6 Å². The highest BCUT2D eigenvalue weighted by Gasteiger charge is 2.50. The lowest BCUT2D eigenvalue weighted by atomic mass is 10.1. The van der Waals surface area contributed by atoms with E-state index in [2.05, 4.69) is 10.1 Å². The second-order valence-corrected chi connectivity index (χ2v) is 5.74. The molecule has 3 rings (SSSR count). The molecule has 0 fully saturated rings. The van der Waals surface area contributed by atoms with Crippen molar-refractivity contribution in [1.29, 1.82) is 0 Å². The molecule has 4 nitrogen and oxygen atoms in total. The molecular weight excluding hydrogens is 326 g/mol. The Kier molecular flexibility index (Phi) is 3.70. The minimum atomic E-state index is -4.65. The number of fused-ring (bicyclic) bond motifs is 1. The van der Waals surface area contributed by atoms with Gasteiger partial charge in [0, 0.05) is 24.2 Å². The van der Waals surface area contributed by atoms with Crippen LogP contribution in [-0.2, 0) is 0 Å². The molecule has 0 aliphatic rings. The first-order chi connectivity index (χ1) is 11.2. The summed E-state index contributed by atoms with van der Waals surface area (Å²) in [6.07, 6.45) is -0.0618. The number of halogens is 4. The summed E-state index contributed by atoms with van der Waals surface area (Å²) in [6.45, 7) is 1.63. The van der Waals surface area contributed by atoms with E-state index in [-0.39, 0.29) is 0 Å². The van der Waals surface area contributed by atoms with Crippen LogP contribution in [0.4, 0.5) is 17.6 Å². The monoisotopic (exact) mass is 339 g/mol. The third-order valence-electron chi connectivity index (χ3n) is 3.57. The number of aromatic nitrogens is 3. The predicted octanol–water partition coefficient (Wildman–Crippen LogP) is 4.26. The first-order valence-corrected chi connectivity index (χ1v) is 7.02. The topological polar surface area (TPSA) is 39.4 Å². The van der Waals surface area contributed by atoms with E-state index in [1.165, 1.54) is 6.20 Å². The Bertz CT molecular complexity index is 886. The third kappa shape index (κ3) is 2.91. The van der Waals surface area contributed by atoms with E-state index in [1.54, 1.807) is 35.1 Å². The molecule has 0 aliphatic heterocycles. The summed E-state index contributed by atoms with van der Waals surface area (Å²) in [6, 6.07) is 6.34.